The number of Topliss-reactive ketones (excluding diaryl/α,β-unsaturated/α-hetero) is 1. The minimum absolute atomic E-state index is 0.0144. The van der Waals surface area contributed by atoms with E-state index in [0.717, 1.165) is 0 Å². The van der Waals surface area contributed by atoms with Crippen molar-refractivity contribution >= 4 is 23.0 Å². The van der Waals surface area contributed by atoms with Crippen LogP contribution in [-0.4, -0.2) is 23.0 Å². The predicted octanol–water partition coefficient (Wildman–Crippen LogP) is 2.55. The molecule has 0 aliphatic rings. The second-order valence-corrected chi connectivity index (χ2v) is 5.55. The number of carbonyl (C=O) groups excluding carboxylic acids is 1. The Kier molecular flexibility index (Phi) is 4.58. The van der Waals surface area contributed by atoms with Gasteiger partial charge in [-0.1, -0.05) is 12.1 Å². The van der Waals surface area contributed by atoms with E-state index in [2.05, 4.69) is 4.98 Å². The second-order valence-electron chi connectivity index (χ2n) is 5.55. The third-order valence-corrected chi connectivity index (χ3v) is 3.79. The number of fused-ring (bicyclic) bond motifs is 1. The van der Waals surface area contributed by atoms with Gasteiger partial charge in [0.05, 0.1) is 18.2 Å². The molecule has 0 fully saturated rings. The molecular formula is C19H14N2O5. The third-order valence-electron chi connectivity index (χ3n) is 3.79. The lowest BCUT2D eigenvalue weighted by atomic mass is 10.0. The lowest BCUT2D eigenvalue weighted by Crippen LogP contribution is -2.05. The molecule has 2 aromatic carbocycles. The summed E-state index contributed by atoms with van der Waals surface area (Å²) in [4.78, 5) is 26.1. The third kappa shape index (κ3) is 3.49. The fourth-order valence-corrected chi connectivity index (χ4v) is 2.51. The van der Waals surface area contributed by atoms with Crippen molar-refractivity contribution in [2.24, 2.45) is 0 Å². The fraction of sp³-hybridized carbons (Fsp3) is 0.105. The molecule has 0 aliphatic carbocycles. The van der Waals surface area contributed by atoms with Crippen molar-refractivity contribution in [1.29, 1.82) is 5.26 Å². The van der Waals surface area contributed by atoms with Gasteiger partial charge in [-0.15, -0.1) is 0 Å². The van der Waals surface area contributed by atoms with E-state index in [0.29, 0.717) is 22.2 Å². The largest absolute Gasteiger partial charge is 0.504 e. The Balaban J connectivity index is 1.86. The topological polar surface area (TPSA) is 116 Å². The van der Waals surface area contributed by atoms with Crippen molar-refractivity contribution in [2.75, 3.05) is 7.11 Å². The van der Waals surface area contributed by atoms with Gasteiger partial charge in [-0.25, -0.2) is 4.79 Å². The Morgan fingerprint density at radius 1 is 1.35 bits per heavy atom. The van der Waals surface area contributed by atoms with Crippen LogP contribution in [0.25, 0.3) is 17.2 Å². The highest BCUT2D eigenvalue weighted by molar-refractivity contribution is 6.04. The number of nitrogens with zero attached hydrogens (tertiary/aromatic N) is 1. The number of oxazole rings is 1. The maximum atomic E-state index is 12.4. The molecule has 0 aliphatic heterocycles. The van der Waals surface area contributed by atoms with Crippen LogP contribution in [0.2, 0.25) is 0 Å². The number of allylic oxidation sites excluding steroid dienone is 1. The first kappa shape index (κ1) is 17.0. The lowest BCUT2D eigenvalue weighted by molar-refractivity contribution is -0.114. The average molecular weight is 350 g/mol. The molecule has 1 heterocycles. The van der Waals surface area contributed by atoms with Gasteiger partial charge < -0.3 is 14.3 Å². The second kappa shape index (κ2) is 6.99. The summed E-state index contributed by atoms with van der Waals surface area (Å²) >= 11 is 0. The van der Waals surface area contributed by atoms with Crippen LogP contribution in [0.4, 0.5) is 0 Å². The molecule has 0 atom stereocenters. The molecule has 0 spiro atoms. The van der Waals surface area contributed by atoms with Gasteiger partial charge in [-0.3, -0.25) is 9.78 Å². The molecule has 0 amide bonds. The number of phenols is 1. The van der Waals surface area contributed by atoms with Crippen LogP contribution < -0.4 is 10.5 Å². The fourth-order valence-electron chi connectivity index (χ4n) is 2.51. The molecule has 130 valence electrons. The minimum Gasteiger partial charge on any atom is -0.504 e. The molecule has 2 N–H and O–H groups in total. The Labute approximate surface area is 147 Å². The number of aromatic amines is 1. The summed E-state index contributed by atoms with van der Waals surface area (Å²) in [5.74, 6) is -0.730. The molecule has 7 heteroatoms. The number of phenolic OH excluding ortho intramolecular Hbond substituents is 1. The zero-order valence-corrected chi connectivity index (χ0v) is 13.8. The zero-order valence-electron chi connectivity index (χ0n) is 13.8. The van der Waals surface area contributed by atoms with E-state index < -0.39 is 5.76 Å². The number of nitrogens with one attached hydrogen (secondary N) is 1. The highest BCUT2D eigenvalue weighted by atomic mass is 16.5. The SMILES string of the molecule is COc1cc(/C=C(\C#N)C(=O)Cc2ccc3[nH]c(=O)oc3c2)ccc1O. The summed E-state index contributed by atoms with van der Waals surface area (Å²) < 4.78 is 9.98. The van der Waals surface area contributed by atoms with E-state index in [1.807, 2.05) is 6.07 Å². The van der Waals surface area contributed by atoms with E-state index in [1.165, 1.54) is 25.3 Å². The summed E-state index contributed by atoms with van der Waals surface area (Å²) in [5.41, 5.74) is 2.03. The van der Waals surface area contributed by atoms with Crippen LogP contribution in [0.3, 0.4) is 0 Å². The number of ether oxygens (including phenoxy) is 1. The van der Waals surface area contributed by atoms with Crippen LogP contribution in [0.1, 0.15) is 11.1 Å². The molecule has 7 nitrogen and oxygen atoms in total. The molecule has 0 saturated heterocycles. The van der Waals surface area contributed by atoms with Crippen LogP contribution in [-0.2, 0) is 11.2 Å². The monoisotopic (exact) mass is 350 g/mol. The summed E-state index contributed by atoms with van der Waals surface area (Å²) in [5, 5.41) is 18.9. The minimum atomic E-state index is -0.567. The number of hydrogen-bond donors (Lipinski definition) is 2. The first-order valence-electron chi connectivity index (χ1n) is 7.64. The number of aromatic hydroxyl groups is 1. The van der Waals surface area contributed by atoms with E-state index in [4.69, 9.17) is 9.15 Å². The smallest absolute Gasteiger partial charge is 0.417 e. The van der Waals surface area contributed by atoms with Crippen molar-refractivity contribution in [3.8, 4) is 17.6 Å². The van der Waals surface area contributed by atoms with Gasteiger partial charge in [-0.2, -0.15) is 5.26 Å². The van der Waals surface area contributed by atoms with Gasteiger partial charge in [0.2, 0.25) is 0 Å². The Morgan fingerprint density at radius 3 is 2.88 bits per heavy atom. The first-order chi connectivity index (χ1) is 12.5. The first-order valence-corrected chi connectivity index (χ1v) is 7.64. The van der Waals surface area contributed by atoms with Crippen LogP contribution in [0.15, 0.2) is 51.2 Å². The summed E-state index contributed by atoms with van der Waals surface area (Å²) in [6.07, 6.45) is 1.42. The molecule has 0 radical (unpaired) electrons. The van der Waals surface area contributed by atoms with Crippen LogP contribution in [0.5, 0.6) is 11.5 Å². The standard InChI is InChI=1S/C19H14N2O5/c1-25-18-9-11(3-5-15(18)22)6-13(10-20)16(23)7-12-2-4-14-17(8-12)26-19(24)21-14/h2-6,8-9,22H,7H2,1H3,(H,21,24)/b13-6+. The van der Waals surface area contributed by atoms with Gasteiger partial charge in [0, 0.05) is 6.42 Å². The van der Waals surface area contributed by atoms with E-state index >= 15 is 0 Å². The number of H-pyrrole nitrogens is 1. The molecule has 0 bridgehead atoms. The van der Waals surface area contributed by atoms with E-state index in [1.54, 1.807) is 24.3 Å². The molecule has 0 saturated carbocycles. The quantitative estimate of drug-likeness (QED) is 0.539. The number of methoxy groups -OCH3 is 1. The maximum Gasteiger partial charge on any atom is 0.417 e. The molecule has 3 aromatic rings. The van der Waals surface area contributed by atoms with Gasteiger partial charge in [0.15, 0.2) is 22.9 Å². The predicted molar refractivity (Wildman–Crippen MR) is 93.8 cm³/mol. The number of carbonyl (C=O) groups is 1. The summed E-state index contributed by atoms with van der Waals surface area (Å²) in [7, 11) is 1.41. The summed E-state index contributed by atoms with van der Waals surface area (Å²) in [6.45, 7) is 0. The Hall–Kier alpha value is -3.79. The zero-order chi connectivity index (χ0) is 18.7. The Bertz CT molecular complexity index is 1110. The van der Waals surface area contributed by atoms with Gasteiger partial charge in [0.25, 0.3) is 0 Å². The maximum absolute atomic E-state index is 12.4. The van der Waals surface area contributed by atoms with Gasteiger partial charge >= 0.3 is 5.76 Å². The number of aromatic nitrogens is 1. The number of nitriles is 1. The highest BCUT2D eigenvalue weighted by Crippen LogP contribution is 2.27. The lowest BCUT2D eigenvalue weighted by Gasteiger charge is -2.05. The van der Waals surface area contributed by atoms with Crippen LogP contribution >= 0.6 is 0 Å². The number of rotatable bonds is 5. The van der Waals surface area contributed by atoms with Crippen molar-refractivity contribution in [1.82, 2.24) is 4.98 Å². The molecular weight excluding hydrogens is 336 g/mol. The number of ketones is 1. The molecule has 1 aromatic heterocycles. The summed E-state index contributed by atoms with van der Waals surface area (Å²) in [6, 6.07) is 11.3. The molecule has 3 rings (SSSR count). The molecule has 0 unspecified atom stereocenters. The average Bonchev–Trinajstić information content (AvgIpc) is 3.00. The van der Waals surface area contributed by atoms with Crippen LogP contribution in [0, 0.1) is 11.3 Å². The van der Waals surface area contributed by atoms with Crippen molar-refractivity contribution in [3.05, 3.63) is 63.6 Å². The molecule has 26 heavy (non-hydrogen) atoms. The van der Waals surface area contributed by atoms with E-state index in [-0.39, 0.29) is 29.3 Å². The van der Waals surface area contributed by atoms with Crippen molar-refractivity contribution < 1.29 is 19.1 Å². The van der Waals surface area contributed by atoms with Crippen molar-refractivity contribution in [3.63, 3.8) is 0 Å². The van der Waals surface area contributed by atoms with Gasteiger partial charge in [-0.05, 0) is 41.5 Å². The van der Waals surface area contributed by atoms with Crippen molar-refractivity contribution in [2.45, 2.75) is 6.42 Å². The van der Waals surface area contributed by atoms with Gasteiger partial charge in [0.1, 0.15) is 6.07 Å². The highest BCUT2D eigenvalue weighted by Gasteiger charge is 2.12. The normalized spacial score (nSPS) is 11.3. The number of hydrogen-bond acceptors (Lipinski definition) is 6. The Morgan fingerprint density at radius 2 is 2.15 bits per heavy atom. The van der Waals surface area contributed by atoms with E-state index in [9.17, 15) is 20.0 Å². The number of benzene rings is 2.